The minimum absolute atomic E-state index is 0.402. The van der Waals surface area contributed by atoms with E-state index in [-0.39, 0.29) is 0 Å². The maximum atomic E-state index is 8.89. The Bertz CT molecular complexity index is 438. The number of nitrogens with zero attached hydrogens (tertiary/aromatic N) is 2. The fraction of sp³-hybridized carbons (Fsp3) is 0.333. The topological polar surface area (TPSA) is 47.6 Å². The van der Waals surface area contributed by atoms with Gasteiger partial charge in [0.25, 0.3) is 0 Å². The molecular weight excluding hydrogens is 252 g/mol. The Balaban J connectivity index is 3.26. The minimum Gasteiger partial charge on any atom is -0.198 e. The van der Waals surface area contributed by atoms with E-state index in [9.17, 15) is 0 Å². The van der Waals surface area contributed by atoms with E-state index in [4.69, 9.17) is 10.5 Å². The molecule has 0 aliphatic carbocycles. The molecule has 0 atom stereocenters. The zero-order valence-corrected chi connectivity index (χ0v) is 10.1. The van der Waals surface area contributed by atoms with Gasteiger partial charge in [-0.15, -0.1) is 0 Å². The fourth-order valence-electron chi connectivity index (χ4n) is 1.52. The van der Waals surface area contributed by atoms with E-state index < -0.39 is 0 Å². The second kappa shape index (κ2) is 5.53. The van der Waals surface area contributed by atoms with Crippen molar-refractivity contribution in [2.45, 2.75) is 26.2 Å². The van der Waals surface area contributed by atoms with Crippen LogP contribution in [0.25, 0.3) is 0 Å². The number of rotatable bonds is 3. The summed E-state index contributed by atoms with van der Waals surface area (Å²) >= 11 is 3.43. The molecule has 0 unspecified atom stereocenters. The van der Waals surface area contributed by atoms with Crippen LogP contribution >= 0.6 is 15.9 Å². The third-order valence-electron chi connectivity index (χ3n) is 2.23. The average Bonchev–Trinajstić information content (AvgIpc) is 2.24. The van der Waals surface area contributed by atoms with Crippen LogP contribution in [0.5, 0.6) is 0 Å². The molecular formula is C12H11BrN2. The van der Waals surface area contributed by atoms with Gasteiger partial charge in [-0.3, -0.25) is 0 Å². The summed E-state index contributed by atoms with van der Waals surface area (Å²) in [5, 5.41) is 17.6. The van der Waals surface area contributed by atoms with Gasteiger partial charge in [0, 0.05) is 4.47 Å². The second-order valence-electron chi connectivity index (χ2n) is 3.26. The van der Waals surface area contributed by atoms with E-state index >= 15 is 0 Å². The molecule has 0 radical (unpaired) electrons. The molecule has 0 amide bonds. The zero-order valence-electron chi connectivity index (χ0n) is 8.55. The van der Waals surface area contributed by atoms with Crippen molar-refractivity contribution in [2.75, 3.05) is 0 Å². The molecule has 0 heterocycles. The van der Waals surface area contributed by atoms with E-state index in [1.54, 1.807) is 6.07 Å². The molecule has 76 valence electrons. The Kier molecular flexibility index (Phi) is 4.34. The van der Waals surface area contributed by atoms with Crippen LogP contribution in [0, 0.1) is 22.7 Å². The SMILES string of the molecule is CCCc1c(CC#N)ccc(C#N)c1Br. The Morgan fingerprint density at radius 2 is 2.07 bits per heavy atom. The molecule has 0 aliphatic heterocycles. The van der Waals surface area contributed by atoms with Crippen LogP contribution in [0.15, 0.2) is 16.6 Å². The first kappa shape index (κ1) is 11.8. The summed E-state index contributed by atoms with van der Waals surface area (Å²) in [7, 11) is 0. The molecule has 0 aliphatic rings. The monoisotopic (exact) mass is 262 g/mol. The van der Waals surface area contributed by atoms with Gasteiger partial charge in [-0.1, -0.05) is 19.4 Å². The van der Waals surface area contributed by atoms with Crippen molar-refractivity contribution < 1.29 is 0 Å². The summed E-state index contributed by atoms with van der Waals surface area (Å²) in [5.74, 6) is 0. The van der Waals surface area contributed by atoms with Gasteiger partial charge < -0.3 is 0 Å². The summed E-state index contributed by atoms with van der Waals surface area (Å²) in [6, 6.07) is 7.91. The first-order valence-corrected chi connectivity index (χ1v) is 5.61. The third-order valence-corrected chi connectivity index (χ3v) is 3.14. The van der Waals surface area contributed by atoms with Crippen molar-refractivity contribution in [3.05, 3.63) is 33.3 Å². The van der Waals surface area contributed by atoms with Gasteiger partial charge in [-0.05, 0) is 39.5 Å². The maximum Gasteiger partial charge on any atom is 0.100 e. The number of hydrogen-bond donors (Lipinski definition) is 0. The van der Waals surface area contributed by atoms with Crippen LogP contribution in [0.1, 0.15) is 30.0 Å². The van der Waals surface area contributed by atoms with Gasteiger partial charge in [0.15, 0.2) is 0 Å². The summed E-state index contributed by atoms with van der Waals surface area (Å²) < 4.78 is 0.847. The van der Waals surface area contributed by atoms with Crippen molar-refractivity contribution >= 4 is 15.9 Å². The molecule has 0 bridgehead atoms. The van der Waals surface area contributed by atoms with Crippen molar-refractivity contribution in [1.82, 2.24) is 0 Å². The molecule has 3 heteroatoms. The molecule has 0 spiro atoms. The Hall–Kier alpha value is -1.32. The highest BCUT2D eigenvalue weighted by molar-refractivity contribution is 9.10. The smallest absolute Gasteiger partial charge is 0.100 e. The molecule has 1 aromatic rings. The quantitative estimate of drug-likeness (QED) is 0.839. The molecule has 0 aromatic heterocycles. The van der Waals surface area contributed by atoms with Crippen LogP contribution in [-0.4, -0.2) is 0 Å². The summed E-state index contributed by atoms with van der Waals surface area (Å²) in [6.45, 7) is 2.08. The van der Waals surface area contributed by atoms with E-state index in [1.165, 1.54) is 0 Å². The lowest BCUT2D eigenvalue weighted by molar-refractivity contribution is 0.901. The van der Waals surface area contributed by atoms with Gasteiger partial charge in [-0.25, -0.2) is 0 Å². The summed E-state index contributed by atoms with van der Waals surface area (Å²) in [6.07, 6.45) is 2.30. The lowest BCUT2D eigenvalue weighted by Gasteiger charge is -2.09. The summed E-state index contributed by atoms with van der Waals surface area (Å²) in [4.78, 5) is 0. The van der Waals surface area contributed by atoms with E-state index in [0.717, 1.165) is 28.4 Å². The summed E-state index contributed by atoms with van der Waals surface area (Å²) in [5.41, 5.74) is 2.75. The normalized spacial score (nSPS) is 9.33. The molecule has 0 saturated heterocycles. The van der Waals surface area contributed by atoms with E-state index in [2.05, 4.69) is 35.0 Å². The van der Waals surface area contributed by atoms with Gasteiger partial charge in [0.2, 0.25) is 0 Å². The predicted octanol–water partition coefficient (Wildman–Crippen LogP) is 3.34. The van der Waals surface area contributed by atoms with Crippen LogP contribution in [0.3, 0.4) is 0 Å². The minimum atomic E-state index is 0.402. The van der Waals surface area contributed by atoms with Gasteiger partial charge in [-0.2, -0.15) is 10.5 Å². The van der Waals surface area contributed by atoms with Gasteiger partial charge >= 0.3 is 0 Å². The Morgan fingerprint density at radius 1 is 1.33 bits per heavy atom. The standard InChI is InChI=1S/C12H11BrN2/c1-2-3-11-9(6-7-14)4-5-10(8-15)12(11)13/h4-5H,2-3,6H2,1H3. The van der Waals surface area contributed by atoms with Crippen molar-refractivity contribution in [3.8, 4) is 12.1 Å². The van der Waals surface area contributed by atoms with Crippen molar-refractivity contribution in [3.63, 3.8) is 0 Å². The number of halogens is 1. The lowest BCUT2D eigenvalue weighted by Crippen LogP contribution is -1.96. The third kappa shape index (κ3) is 2.58. The number of benzene rings is 1. The van der Waals surface area contributed by atoms with Gasteiger partial charge in [0.1, 0.15) is 6.07 Å². The van der Waals surface area contributed by atoms with Crippen molar-refractivity contribution in [1.29, 1.82) is 10.5 Å². The molecule has 0 N–H and O–H groups in total. The highest BCUT2D eigenvalue weighted by atomic mass is 79.9. The predicted molar refractivity (Wildman–Crippen MR) is 62.2 cm³/mol. The Morgan fingerprint density at radius 3 is 2.60 bits per heavy atom. The van der Waals surface area contributed by atoms with Crippen LogP contribution in [-0.2, 0) is 12.8 Å². The van der Waals surface area contributed by atoms with Crippen LogP contribution in [0.4, 0.5) is 0 Å². The van der Waals surface area contributed by atoms with E-state index in [1.807, 2.05) is 6.07 Å². The lowest BCUT2D eigenvalue weighted by atomic mass is 9.99. The average molecular weight is 263 g/mol. The Labute approximate surface area is 98.3 Å². The second-order valence-corrected chi connectivity index (χ2v) is 4.05. The molecule has 0 fully saturated rings. The number of nitriles is 2. The molecule has 0 saturated carbocycles. The van der Waals surface area contributed by atoms with E-state index in [0.29, 0.717) is 12.0 Å². The maximum absolute atomic E-state index is 8.89. The first-order valence-electron chi connectivity index (χ1n) is 4.81. The largest absolute Gasteiger partial charge is 0.198 e. The van der Waals surface area contributed by atoms with Crippen LogP contribution < -0.4 is 0 Å². The number of hydrogen-bond acceptors (Lipinski definition) is 2. The molecule has 15 heavy (non-hydrogen) atoms. The first-order chi connectivity index (χ1) is 7.24. The van der Waals surface area contributed by atoms with Crippen molar-refractivity contribution in [2.24, 2.45) is 0 Å². The fourth-order valence-corrected chi connectivity index (χ4v) is 2.19. The molecule has 2 nitrogen and oxygen atoms in total. The molecule has 1 aromatic carbocycles. The van der Waals surface area contributed by atoms with Crippen LogP contribution in [0.2, 0.25) is 0 Å². The highest BCUT2D eigenvalue weighted by Gasteiger charge is 2.09. The van der Waals surface area contributed by atoms with Gasteiger partial charge in [0.05, 0.1) is 18.1 Å². The molecule has 1 rings (SSSR count). The highest BCUT2D eigenvalue weighted by Crippen LogP contribution is 2.26. The zero-order chi connectivity index (χ0) is 11.3.